The Balaban J connectivity index is 0.954. The van der Waals surface area contributed by atoms with Crippen molar-refractivity contribution in [3.8, 4) is 33.6 Å². The van der Waals surface area contributed by atoms with Gasteiger partial charge in [0, 0.05) is 17.1 Å². The molecule has 1 unspecified atom stereocenters. The Labute approximate surface area is 336 Å². The summed E-state index contributed by atoms with van der Waals surface area (Å²) < 4.78 is 9.53. The summed E-state index contributed by atoms with van der Waals surface area (Å²) in [5, 5.41) is 5.79. The Kier molecular flexibility index (Phi) is 10.0. The molecule has 8 rings (SSSR count). The first kappa shape index (κ1) is 38.5. The molecule has 0 spiro atoms. The third-order valence-corrected chi connectivity index (χ3v) is 13.3. The minimum Gasteiger partial charge on any atom is -0.453 e. The molecule has 0 radical (unpaired) electrons. The first-order valence-electron chi connectivity index (χ1n) is 19.8. The van der Waals surface area contributed by atoms with E-state index in [9.17, 15) is 19.2 Å². The van der Waals surface area contributed by atoms with E-state index < -0.39 is 24.3 Å². The number of halogens is 1. The van der Waals surface area contributed by atoms with Crippen LogP contribution in [0.25, 0.3) is 33.6 Å². The summed E-state index contributed by atoms with van der Waals surface area (Å²) in [6, 6.07) is 14.5. The van der Waals surface area contributed by atoms with Crippen molar-refractivity contribution in [2.45, 2.75) is 95.5 Å². The number of rotatable bonds is 11. The van der Waals surface area contributed by atoms with Crippen molar-refractivity contribution in [2.24, 2.45) is 17.8 Å². The van der Waals surface area contributed by atoms with E-state index in [2.05, 4.69) is 46.6 Å². The van der Waals surface area contributed by atoms with Crippen LogP contribution in [0.3, 0.4) is 0 Å². The second-order valence-corrected chi connectivity index (χ2v) is 16.3. The molecule has 57 heavy (non-hydrogen) atoms. The molecule has 4 N–H and O–H groups in total. The fraction of sp³-hybridized carbons (Fsp3) is 0.476. The molecule has 9 atom stereocenters. The van der Waals surface area contributed by atoms with Gasteiger partial charge in [-0.15, -0.1) is 0 Å². The zero-order chi connectivity index (χ0) is 40.3. The molecule has 14 nitrogen and oxygen atoms in total. The van der Waals surface area contributed by atoms with Crippen LogP contribution in [-0.4, -0.2) is 91.6 Å². The molecule has 300 valence electrons. The lowest BCUT2D eigenvalue weighted by Crippen LogP contribution is -2.52. The summed E-state index contributed by atoms with van der Waals surface area (Å²) in [6.07, 6.45) is 4.00. The number of nitrogens with zero attached hydrogens (tertiary/aromatic N) is 4. The van der Waals surface area contributed by atoms with Crippen molar-refractivity contribution in [3.63, 3.8) is 0 Å². The number of aromatic nitrogens is 4. The highest BCUT2D eigenvalue weighted by Crippen LogP contribution is 2.66. The predicted octanol–water partition coefficient (Wildman–Crippen LogP) is 7.02. The van der Waals surface area contributed by atoms with Gasteiger partial charge in [0.2, 0.25) is 11.8 Å². The minimum atomic E-state index is -0.684. The van der Waals surface area contributed by atoms with Crippen molar-refractivity contribution in [1.29, 1.82) is 0 Å². The monoisotopic (exact) mass is 796 g/mol. The van der Waals surface area contributed by atoms with Gasteiger partial charge in [0.25, 0.3) is 0 Å². The van der Waals surface area contributed by atoms with Crippen molar-refractivity contribution in [3.05, 3.63) is 71.5 Å². The number of fused-ring (bicyclic) bond motifs is 2. The summed E-state index contributed by atoms with van der Waals surface area (Å²) in [6.45, 7) is 8.05. The fourth-order valence-corrected chi connectivity index (χ4v) is 9.69. The summed E-state index contributed by atoms with van der Waals surface area (Å²) >= 11 is 6.73. The molecular formula is C42H49ClN8O6. The van der Waals surface area contributed by atoms with Gasteiger partial charge in [-0.2, -0.15) is 0 Å². The van der Waals surface area contributed by atoms with Gasteiger partial charge < -0.3 is 39.9 Å². The van der Waals surface area contributed by atoms with Crippen LogP contribution in [0.5, 0.6) is 0 Å². The first-order valence-corrected chi connectivity index (χ1v) is 20.1. The molecule has 2 saturated carbocycles. The molecule has 2 saturated heterocycles. The molecule has 4 aliphatic rings. The molecule has 2 aromatic carbocycles. The van der Waals surface area contributed by atoms with Crippen molar-refractivity contribution < 1.29 is 28.7 Å². The van der Waals surface area contributed by atoms with Crippen molar-refractivity contribution >= 4 is 35.6 Å². The van der Waals surface area contributed by atoms with Crippen LogP contribution in [0, 0.1) is 17.8 Å². The number of H-pyrrole nitrogens is 2. The number of aromatic amines is 2. The summed E-state index contributed by atoms with van der Waals surface area (Å²) in [5.41, 5.74) is 5.04. The zero-order valence-electron chi connectivity index (χ0n) is 33.0. The Bertz CT molecular complexity index is 2190. The molecule has 2 aromatic heterocycles. The molecule has 2 aliphatic heterocycles. The fourth-order valence-electron chi connectivity index (χ4n) is 9.44. The second kappa shape index (κ2) is 14.9. The molecule has 4 heterocycles. The average Bonchev–Trinajstić information content (AvgIpc) is 3.66. The largest absolute Gasteiger partial charge is 0.453 e. The number of hydrogen-bond donors (Lipinski definition) is 4. The lowest BCUT2D eigenvalue weighted by Gasteiger charge is -2.35. The van der Waals surface area contributed by atoms with Crippen LogP contribution in [0.1, 0.15) is 83.5 Å². The second-order valence-electron chi connectivity index (χ2n) is 16.0. The number of hydrogen-bond acceptors (Lipinski definition) is 8. The molecular weight excluding hydrogens is 748 g/mol. The number of alkyl carbamates (subject to hydrolysis) is 2. The van der Waals surface area contributed by atoms with Gasteiger partial charge in [-0.1, -0.05) is 80.9 Å². The highest BCUT2D eigenvalue weighted by molar-refractivity contribution is 6.31. The van der Waals surface area contributed by atoms with Gasteiger partial charge in [0.05, 0.1) is 38.2 Å². The van der Waals surface area contributed by atoms with E-state index in [0.29, 0.717) is 47.3 Å². The lowest BCUT2D eigenvalue weighted by molar-refractivity contribution is -0.138. The van der Waals surface area contributed by atoms with Crippen LogP contribution in [0.2, 0.25) is 5.15 Å². The van der Waals surface area contributed by atoms with Crippen molar-refractivity contribution in [1.82, 2.24) is 40.4 Å². The van der Waals surface area contributed by atoms with Gasteiger partial charge in [-0.3, -0.25) is 9.59 Å². The maximum Gasteiger partial charge on any atom is 0.407 e. The lowest BCUT2D eigenvalue weighted by atomic mass is 10.0. The van der Waals surface area contributed by atoms with Crippen LogP contribution in [0.4, 0.5) is 9.59 Å². The summed E-state index contributed by atoms with van der Waals surface area (Å²) in [5.74, 6) is 2.25. The topological polar surface area (TPSA) is 175 Å². The van der Waals surface area contributed by atoms with Crippen LogP contribution in [-0.2, 0) is 19.1 Å². The number of likely N-dealkylation sites (tertiary alicyclic amines) is 2. The number of nitrogens with one attached hydrogen (secondary N) is 4. The Morgan fingerprint density at radius 3 is 2.00 bits per heavy atom. The van der Waals surface area contributed by atoms with E-state index in [-0.39, 0.29) is 35.5 Å². The number of methoxy groups -OCH3 is 2. The third kappa shape index (κ3) is 6.71. The Morgan fingerprint density at radius 1 is 0.825 bits per heavy atom. The van der Waals surface area contributed by atoms with E-state index in [0.717, 1.165) is 53.0 Å². The number of carbonyl (C=O) groups excluding carboxylic acids is 4. The van der Waals surface area contributed by atoms with E-state index in [1.165, 1.54) is 14.2 Å². The Morgan fingerprint density at radius 2 is 1.40 bits per heavy atom. The standard InChI is InChI=1S/C42H49ClN8O6/c1-7-28(46-40(54)56-5)38(52)50-31-17-26(31)18-32(50)37-48-34(35(43)49-37)25-15-11-23(12-16-25)22-9-13-24(14-10-22)30-20-44-36(45-30)33-19-27-21(3)42(27,4)51(33)39(53)29(8-2)47-41(55)57-6/h9-16,20-21,26-29,31-33H,7-8,17-19H2,1-6H3,(H,44,45)(H,46,54)(H,47,55)(H,48,49)/t21-,26-,27+,28+,29+,31-,32+,33+,42?/m1/s1. The summed E-state index contributed by atoms with van der Waals surface area (Å²) in [7, 11) is 2.58. The summed E-state index contributed by atoms with van der Waals surface area (Å²) in [4.78, 5) is 71.7. The maximum atomic E-state index is 13.9. The zero-order valence-corrected chi connectivity index (χ0v) is 33.7. The number of amides is 4. The van der Waals surface area contributed by atoms with Crippen LogP contribution >= 0.6 is 11.6 Å². The maximum absolute atomic E-state index is 13.9. The quantitative estimate of drug-likeness (QED) is 0.125. The number of benzene rings is 2. The van der Waals surface area contributed by atoms with E-state index in [1.807, 2.05) is 66.2 Å². The minimum absolute atomic E-state index is 0.120. The Hall–Kier alpha value is -5.37. The predicted molar refractivity (Wildman–Crippen MR) is 213 cm³/mol. The molecule has 4 aromatic rings. The highest BCUT2D eigenvalue weighted by atomic mass is 35.5. The molecule has 4 amide bonds. The van der Waals surface area contributed by atoms with Crippen molar-refractivity contribution in [2.75, 3.05) is 14.2 Å². The SMILES string of the molecule is CC[C@H](NC(=O)OC)C(=O)N1[C@@H]2C[C@@H]2C[C@H]1c1nc(-c2ccc(-c3ccc(-c4cnc([C@@H]5C[C@H]6[C@@H](C)C6(C)N5C(=O)[C@H](CC)NC(=O)OC)[nH]4)cc3)cc2)c(Cl)[nH]1. The first-order chi connectivity index (χ1) is 27.4. The molecule has 4 fully saturated rings. The molecule has 15 heteroatoms. The smallest absolute Gasteiger partial charge is 0.407 e. The van der Waals surface area contributed by atoms with Gasteiger partial charge in [0.15, 0.2) is 0 Å². The van der Waals surface area contributed by atoms with E-state index >= 15 is 0 Å². The van der Waals surface area contributed by atoms with Gasteiger partial charge in [-0.25, -0.2) is 19.6 Å². The van der Waals surface area contributed by atoms with Gasteiger partial charge in [0.1, 0.15) is 34.6 Å². The van der Waals surface area contributed by atoms with Gasteiger partial charge >= 0.3 is 12.2 Å². The van der Waals surface area contributed by atoms with Gasteiger partial charge in [-0.05, 0) is 73.5 Å². The van der Waals surface area contributed by atoms with E-state index in [1.54, 1.807) is 0 Å². The third-order valence-electron chi connectivity index (χ3n) is 13.0. The molecule has 0 bridgehead atoms. The highest BCUT2D eigenvalue weighted by Gasteiger charge is 2.70. The van der Waals surface area contributed by atoms with Crippen LogP contribution < -0.4 is 10.6 Å². The number of imidazole rings is 2. The number of carbonyl (C=O) groups is 4. The number of piperidine rings is 2. The molecule has 2 aliphatic carbocycles. The normalized spacial score (nSPS) is 26.6. The average molecular weight is 797 g/mol. The van der Waals surface area contributed by atoms with Crippen LogP contribution in [0.15, 0.2) is 54.7 Å². The van der Waals surface area contributed by atoms with E-state index in [4.69, 9.17) is 31.0 Å². The number of ether oxygens (including phenoxy) is 2.